The summed E-state index contributed by atoms with van der Waals surface area (Å²) in [5.74, 6) is 0.702. The maximum atomic E-state index is 11.0. The second-order valence-electron chi connectivity index (χ2n) is 3.84. The largest absolute Gasteiger partial charge is 0.389 e. The van der Waals surface area contributed by atoms with Crippen molar-refractivity contribution >= 4 is 37.5 Å². The summed E-state index contributed by atoms with van der Waals surface area (Å²) in [6.07, 6.45) is 0.737. The Bertz CT molecular complexity index is 483. The van der Waals surface area contributed by atoms with Crippen molar-refractivity contribution in [3.63, 3.8) is 0 Å². The number of hydrogen-bond donors (Lipinski definition) is 1. The molecule has 1 aromatic carbocycles. The Morgan fingerprint density at radius 3 is 2.59 bits per heavy atom. The van der Waals surface area contributed by atoms with E-state index in [9.17, 15) is 13.5 Å². The van der Waals surface area contributed by atoms with E-state index in [0.717, 1.165) is 14.9 Å². The molecule has 0 saturated heterocycles. The third-order valence-corrected chi connectivity index (χ3v) is 5.35. The minimum Gasteiger partial charge on any atom is -0.389 e. The van der Waals surface area contributed by atoms with E-state index in [0.29, 0.717) is 5.75 Å². The van der Waals surface area contributed by atoms with E-state index in [-0.39, 0.29) is 5.75 Å². The maximum Gasteiger partial charge on any atom is 0.148 e. The molecule has 0 heterocycles. The van der Waals surface area contributed by atoms with Crippen LogP contribution in [0, 0.1) is 0 Å². The molecule has 0 fully saturated rings. The fourth-order valence-electron chi connectivity index (χ4n) is 1.20. The molecule has 1 atom stereocenters. The minimum absolute atomic E-state index is 0.169. The summed E-state index contributed by atoms with van der Waals surface area (Å²) in [4.78, 5) is 0.984. The van der Waals surface area contributed by atoms with Crippen molar-refractivity contribution in [2.75, 3.05) is 17.8 Å². The van der Waals surface area contributed by atoms with E-state index in [1.807, 2.05) is 18.2 Å². The van der Waals surface area contributed by atoms with Crippen molar-refractivity contribution in [2.24, 2.45) is 0 Å². The van der Waals surface area contributed by atoms with E-state index < -0.39 is 15.9 Å². The first-order valence-corrected chi connectivity index (χ1v) is 8.91. The Balaban J connectivity index is 2.67. The standard InChI is InChI=1S/C11H15BrO3S2/c1-8(13)9-3-4-11(10(12)7-9)16-5-6-17(2,14)15/h3-4,7-8,13H,5-6H2,1-2H3/t8-/m0/s1. The molecule has 0 bridgehead atoms. The highest BCUT2D eigenvalue weighted by Gasteiger charge is 2.07. The molecular formula is C11H15BrO3S2. The second kappa shape index (κ2) is 6.22. The summed E-state index contributed by atoms with van der Waals surface area (Å²) in [6, 6.07) is 5.59. The third-order valence-electron chi connectivity index (χ3n) is 2.15. The summed E-state index contributed by atoms with van der Waals surface area (Å²) in [5.41, 5.74) is 0.837. The van der Waals surface area contributed by atoms with Crippen LogP contribution in [0.3, 0.4) is 0 Å². The maximum absolute atomic E-state index is 11.0. The smallest absolute Gasteiger partial charge is 0.148 e. The van der Waals surface area contributed by atoms with Crippen LogP contribution in [0.25, 0.3) is 0 Å². The molecular weight excluding hydrogens is 324 g/mol. The topological polar surface area (TPSA) is 54.4 Å². The van der Waals surface area contributed by atoms with Gasteiger partial charge in [0.25, 0.3) is 0 Å². The van der Waals surface area contributed by atoms with E-state index in [4.69, 9.17) is 0 Å². The molecule has 0 aliphatic carbocycles. The van der Waals surface area contributed by atoms with Gasteiger partial charge in [-0.3, -0.25) is 0 Å². The molecule has 0 aromatic heterocycles. The van der Waals surface area contributed by atoms with E-state index >= 15 is 0 Å². The Kier molecular flexibility index (Phi) is 5.50. The van der Waals surface area contributed by atoms with Crippen LogP contribution in [0.2, 0.25) is 0 Å². The lowest BCUT2D eigenvalue weighted by molar-refractivity contribution is 0.199. The average Bonchev–Trinajstić information content (AvgIpc) is 2.18. The van der Waals surface area contributed by atoms with Gasteiger partial charge in [-0.25, -0.2) is 8.42 Å². The molecule has 17 heavy (non-hydrogen) atoms. The number of sulfone groups is 1. The van der Waals surface area contributed by atoms with E-state index in [1.165, 1.54) is 18.0 Å². The Labute approximate surface area is 115 Å². The predicted octanol–water partition coefficient (Wildman–Crippen LogP) is 2.64. The molecule has 0 amide bonds. The van der Waals surface area contributed by atoms with Gasteiger partial charge < -0.3 is 5.11 Å². The van der Waals surface area contributed by atoms with Crippen LogP contribution >= 0.6 is 27.7 Å². The molecule has 0 saturated carbocycles. The van der Waals surface area contributed by atoms with Gasteiger partial charge in [0.1, 0.15) is 9.84 Å². The molecule has 1 rings (SSSR count). The molecule has 0 unspecified atom stereocenters. The highest BCUT2D eigenvalue weighted by molar-refractivity contribution is 9.10. The van der Waals surface area contributed by atoms with Crippen molar-refractivity contribution in [3.8, 4) is 0 Å². The first-order valence-electron chi connectivity index (χ1n) is 5.07. The fourth-order valence-corrected chi connectivity index (χ4v) is 4.06. The molecule has 0 aliphatic heterocycles. The molecule has 0 spiro atoms. The lowest BCUT2D eigenvalue weighted by Crippen LogP contribution is -2.05. The van der Waals surface area contributed by atoms with Crippen LogP contribution < -0.4 is 0 Å². The summed E-state index contributed by atoms with van der Waals surface area (Å²) in [6.45, 7) is 1.71. The first kappa shape index (κ1) is 15.0. The van der Waals surface area contributed by atoms with Crippen molar-refractivity contribution in [1.82, 2.24) is 0 Å². The SMILES string of the molecule is C[C@H](O)c1ccc(SCCS(C)(=O)=O)c(Br)c1. The summed E-state index contributed by atoms with van der Waals surface area (Å²) in [5, 5.41) is 9.41. The molecule has 1 aromatic rings. The van der Waals surface area contributed by atoms with Crippen molar-refractivity contribution < 1.29 is 13.5 Å². The normalized spacial score (nSPS) is 13.6. The van der Waals surface area contributed by atoms with Gasteiger partial charge in [-0.2, -0.15) is 0 Å². The molecule has 0 radical (unpaired) electrons. The second-order valence-corrected chi connectivity index (χ2v) is 8.10. The third kappa shape index (κ3) is 5.42. The minimum atomic E-state index is -2.90. The molecule has 0 aliphatic rings. The van der Waals surface area contributed by atoms with Crippen LogP contribution in [-0.4, -0.2) is 31.3 Å². The fraction of sp³-hybridized carbons (Fsp3) is 0.455. The zero-order chi connectivity index (χ0) is 13.1. The Hall–Kier alpha value is -0.0400. The number of benzene rings is 1. The van der Waals surface area contributed by atoms with Gasteiger partial charge in [0.15, 0.2) is 0 Å². The number of halogens is 1. The van der Waals surface area contributed by atoms with Gasteiger partial charge in [-0.1, -0.05) is 6.07 Å². The van der Waals surface area contributed by atoms with Gasteiger partial charge in [-0.15, -0.1) is 11.8 Å². The van der Waals surface area contributed by atoms with Crippen LogP contribution in [0.15, 0.2) is 27.6 Å². The van der Waals surface area contributed by atoms with Crippen molar-refractivity contribution in [3.05, 3.63) is 28.2 Å². The first-order chi connectivity index (χ1) is 7.79. The van der Waals surface area contributed by atoms with Crippen LogP contribution in [0.1, 0.15) is 18.6 Å². The quantitative estimate of drug-likeness (QED) is 0.838. The zero-order valence-corrected chi connectivity index (χ0v) is 12.9. The van der Waals surface area contributed by atoms with Gasteiger partial charge >= 0.3 is 0 Å². The average molecular weight is 339 g/mol. The lowest BCUT2D eigenvalue weighted by Gasteiger charge is -2.08. The lowest BCUT2D eigenvalue weighted by atomic mass is 10.1. The molecule has 6 heteroatoms. The molecule has 1 N–H and O–H groups in total. The Morgan fingerprint density at radius 1 is 1.47 bits per heavy atom. The Morgan fingerprint density at radius 2 is 2.12 bits per heavy atom. The zero-order valence-electron chi connectivity index (χ0n) is 9.68. The van der Waals surface area contributed by atoms with Crippen molar-refractivity contribution in [2.45, 2.75) is 17.9 Å². The van der Waals surface area contributed by atoms with E-state index in [2.05, 4.69) is 15.9 Å². The van der Waals surface area contributed by atoms with Crippen LogP contribution in [0.5, 0.6) is 0 Å². The van der Waals surface area contributed by atoms with Gasteiger partial charge in [0, 0.05) is 21.4 Å². The van der Waals surface area contributed by atoms with Gasteiger partial charge in [0.2, 0.25) is 0 Å². The van der Waals surface area contributed by atoms with Crippen LogP contribution in [-0.2, 0) is 9.84 Å². The highest BCUT2D eigenvalue weighted by Crippen LogP contribution is 2.30. The summed E-state index contributed by atoms with van der Waals surface area (Å²) in [7, 11) is -2.90. The number of aliphatic hydroxyl groups excluding tert-OH is 1. The summed E-state index contributed by atoms with van der Waals surface area (Å²) < 4.78 is 22.9. The summed E-state index contributed by atoms with van der Waals surface area (Å²) >= 11 is 4.90. The number of hydrogen-bond acceptors (Lipinski definition) is 4. The van der Waals surface area contributed by atoms with Crippen LogP contribution in [0.4, 0.5) is 0 Å². The highest BCUT2D eigenvalue weighted by atomic mass is 79.9. The number of thioether (sulfide) groups is 1. The number of aliphatic hydroxyl groups is 1. The molecule has 96 valence electrons. The van der Waals surface area contributed by atoms with E-state index in [1.54, 1.807) is 6.92 Å². The molecule has 3 nitrogen and oxygen atoms in total. The monoisotopic (exact) mass is 338 g/mol. The predicted molar refractivity (Wildman–Crippen MR) is 75.2 cm³/mol. The van der Waals surface area contributed by atoms with Crippen molar-refractivity contribution in [1.29, 1.82) is 0 Å². The van der Waals surface area contributed by atoms with Gasteiger partial charge in [-0.05, 0) is 40.5 Å². The number of rotatable bonds is 5. The van der Waals surface area contributed by atoms with Gasteiger partial charge in [0.05, 0.1) is 11.9 Å².